The molecule has 0 aromatic heterocycles. The fourth-order valence-electron chi connectivity index (χ4n) is 2.16. The number of benzene rings is 1. The summed E-state index contributed by atoms with van der Waals surface area (Å²) in [5.74, 6) is 0. The van der Waals surface area contributed by atoms with Crippen LogP contribution in [0.2, 0.25) is 0 Å². The zero-order valence-corrected chi connectivity index (χ0v) is 14.5. The van der Waals surface area contributed by atoms with E-state index >= 15 is 0 Å². The second-order valence-electron chi connectivity index (χ2n) is 7.12. The van der Waals surface area contributed by atoms with Crippen LogP contribution in [0.3, 0.4) is 0 Å². The minimum Gasteiger partial charge on any atom is -0.393 e. The Kier molecular flexibility index (Phi) is 6.88. The summed E-state index contributed by atoms with van der Waals surface area (Å²) in [5.41, 5.74) is 1.19. The molecular formula is C18H30N2O2. The third-order valence-corrected chi connectivity index (χ3v) is 3.85. The molecule has 2 amide bonds. The third kappa shape index (κ3) is 6.48. The van der Waals surface area contributed by atoms with E-state index in [1.54, 1.807) is 18.9 Å². The van der Waals surface area contributed by atoms with Crippen LogP contribution < -0.4 is 5.32 Å². The van der Waals surface area contributed by atoms with Gasteiger partial charge in [-0.3, -0.25) is 0 Å². The van der Waals surface area contributed by atoms with Crippen LogP contribution in [0.25, 0.3) is 0 Å². The quantitative estimate of drug-likeness (QED) is 0.848. The molecule has 0 spiro atoms. The number of rotatable bonds is 6. The Bertz CT molecular complexity index is 452. The van der Waals surface area contributed by atoms with Gasteiger partial charge in [0.25, 0.3) is 0 Å². The molecule has 1 rings (SSSR count). The molecule has 0 radical (unpaired) electrons. The summed E-state index contributed by atoms with van der Waals surface area (Å²) >= 11 is 0. The van der Waals surface area contributed by atoms with Crippen molar-refractivity contribution >= 4 is 6.03 Å². The maximum atomic E-state index is 12.3. The largest absolute Gasteiger partial charge is 0.393 e. The Hall–Kier alpha value is -1.55. The first-order valence-corrected chi connectivity index (χ1v) is 7.93. The first-order chi connectivity index (χ1) is 10.2. The lowest BCUT2D eigenvalue weighted by molar-refractivity contribution is 0.158. The number of carbonyl (C=O) groups excluding carboxylic acids is 1. The molecule has 2 atom stereocenters. The van der Waals surface area contributed by atoms with Gasteiger partial charge in [0.1, 0.15) is 0 Å². The zero-order chi connectivity index (χ0) is 16.8. The van der Waals surface area contributed by atoms with Crippen molar-refractivity contribution in [3.05, 3.63) is 35.9 Å². The lowest BCUT2D eigenvalue weighted by Gasteiger charge is -2.33. The second-order valence-corrected chi connectivity index (χ2v) is 7.12. The smallest absolute Gasteiger partial charge is 0.317 e. The lowest BCUT2D eigenvalue weighted by atomic mass is 9.83. The van der Waals surface area contributed by atoms with Gasteiger partial charge >= 0.3 is 6.03 Å². The van der Waals surface area contributed by atoms with Gasteiger partial charge in [0.05, 0.1) is 6.10 Å². The van der Waals surface area contributed by atoms with Crippen molar-refractivity contribution < 1.29 is 9.90 Å². The normalized spacial score (nSPS) is 14.3. The van der Waals surface area contributed by atoms with Crippen LogP contribution in [0.1, 0.15) is 39.7 Å². The molecule has 0 heterocycles. The van der Waals surface area contributed by atoms with Gasteiger partial charge in [-0.05, 0) is 30.7 Å². The maximum Gasteiger partial charge on any atom is 0.317 e. The summed E-state index contributed by atoms with van der Waals surface area (Å²) in [7, 11) is 1.76. The fraction of sp³-hybridized carbons (Fsp3) is 0.611. The Balaban J connectivity index is 2.67. The molecule has 0 bridgehead atoms. The van der Waals surface area contributed by atoms with Crippen molar-refractivity contribution in [1.82, 2.24) is 10.2 Å². The minimum atomic E-state index is -0.391. The summed E-state index contributed by atoms with van der Waals surface area (Å²) < 4.78 is 0. The van der Waals surface area contributed by atoms with Gasteiger partial charge in [0.15, 0.2) is 0 Å². The summed E-state index contributed by atoms with van der Waals surface area (Å²) in [5, 5.41) is 12.5. The van der Waals surface area contributed by atoms with Gasteiger partial charge in [-0.25, -0.2) is 4.79 Å². The molecule has 0 aliphatic heterocycles. The third-order valence-electron chi connectivity index (χ3n) is 3.85. The topological polar surface area (TPSA) is 52.6 Å². The van der Waals surface area contributed by atoms with Crippen LogP contribution >= 0.6 is 0 Å². The van der Waals surface area contributed by atoms with E-state index < -0.39 is 6.10 Å². The van der Waals surface area contributed by atoms with Crippen molar-refractivity contribution in [2.45, 2.75) is 52.7 Å². The molecule has 1 aromatic rings. The van der Waals surface area contributed by atoms with Crippen molar-refractivity contribution in [2.24, 2.45) is 5.41 Å². The fourth-order valence-corrected chi connectivity index (χ4v) is 2.16. The van der Waals surface area contributed by atoms with Crippen LogP contribution in [-0.2, 0) is 6.42 Å². The van der Waals surface area contributed by atoms with Crippen molar-refractivity contribution in [3.63, 3.8) is 0 Å². The molecule has 0 fully saturated rings. The highest BCUT2D eigenvalue weighted by Crippen LogP contribution is 2.23. The van der Waals surface area contributed by atoms with Crippen LogP contribution in [0.15, 0.2) is 30.3 Å². The summed E-state index contributed by atoms with van der Waals surface area (Å²) in [6, 6.07) is 10.2. The van der Waals surface area contributed by atoms with E-state index in [0.29, 0.717) is 13.0 Å². The molecule has 0 aliphatic rings. The van der Waals surface area contributed by atoms with E-state index in [-0.39, 0.29) is 17.5 Å². The molecule has 2 N–H and O–H groups in total. The highest BCUT2D eigenvalue weighted by Gasteiger charge is 2.27. The standard InChI is InChI=1S/C18H30N2O2/c1-14(21)11-12-20(5)17(22)19-16(18(2,3)4)13-15-9-7-6-8-10-15/h6-10,14,16,21H,11-13H2,1-5H3,(H,19,22). The maximum absolute atomic E-state index is 12.3. The first kappa shape index (κ1) is 18.5. The number of aliphatic hydroxyl groups is 1. The van der Waals surface area contributed by atoms with Crippen LogP contribution in [-0.4, -0.2) is 41.8 Å². The van der Waals surface area contributed by atoms with E-state index in [0.717, 1.165) is 6.42 Å². The molecule has 0 saturated carbocycles. The van der Waals surface area contributed by atoms with E-state index in [1.165, 1.54) is 5.56 Å². The average Bonchev–Trinajstić information content (AvgIpc) is 2.44. The molecule has 1 aromatic carbocycles. The first-order valence-electron chi connectivity index (χ1n) is 7.93. The number of aliphatic hydroxyl groups excluding tert-OH is 1. The number of carbonyl (C=O) groups is 1. The highest BCUT2D eigenvalue weighted by molar-refractivity contribution is 5.74. The van der Waals surface area contributed by atoms with Gasteiger partial charge in [0.2, 0.25) is 0 Å². The van der Waals surface area contributed by atoms with Gasteiger partial charge in [-0.2, -0.15) is 0 Å². The molecule has 0 aliphatic carbocycles. The molecule has 0 saturated heterocycles. The average molecular weight is 306 g/mol. The van der Waals surface area contributed by atoms with Gasteiger partial charge in [0, 0.05) is 19.6 Å². The highest BCUT2D eigenvalue weighted by atomic mass is 16.3. The number of amides is 2. The molecule has 2 unspecified atom stereocenters. The number of hydrogen-bond donors (Lipinski definition) is 2. The Morgan fingerprint density at radius 1 is 1.27 bits per heavy atom. The molecule has 124 valence electrons. The van der Waals surface area contributed by atoms with Crippen LogP contribution in [0.4, 0.5) is 4.79 Å². The van der Waals surface area contributed by atoms with Crippen molar-refractivity contribution in [3.8, 4) is 0 Å². The summed E-state index contributed by atoms with van der Waals surface area (Å²) in [4.78, 5) is 14.0. The summed E-state index contributed by atoms with van der Waals surface area (Å²) in [6.07, 6.45) is 1.00. The monoisotopic (exact) mass is 306 g/mol. The Morgan fingerprint density at radius 2 is 1.86 bits per heavy atom. The number of hydrogen-bond acceptors (Lipinski definition) is 2. The van der Waals surface area contributed by atoms with Crippen LogP contribution in [0, 0.1) is 5.41 Å². The lowest BCUT2D eigenvalue weighted by Crippen LogP contribution is -2.50. The Labute approximate surface area is 134 Å². The van der Waals surface area contributed by atoms with Crippen molar-refractivity contribution in [1.29, 1.82) is 0 Å². The van der Waals surface area contributed by atoms with Gasteiger partial charge in [-0.15, -0.1) is 0 Å². The molecule has 4 nitrogen and oxygen atoms in total. The number of nitrogens with zero attached hydrogens (tertiary/aromatic N) is 1. The summed E-state index contributed by atoms with van der Waals surface area (Å²) in [6.45, 7) is 8.69. The Morgan fingerprint density at radius 3 is 2.36 bits per heavy atom. The zero-order valence-electron chi connectivity index (χ0n) is 14.5. The van der Waals surface area contributed by atoms with E-state index in [4.69, 9.17) is 0 Å². The molecule has 4 heteroatoms. The SMILES string of the molecule is CC(O)CCN(C)C(=O)NC(Cc1ccccc1)C(C)(C)C. The number of urea groups is 1. The molecule has 22 heavy (non-hydrogen) atoms. The van der Waals surface area contributed by atoms with Gasteiger partial charge < -0.3 is 15.3 Å². The van der Waals surface area contributed by atoms with E-state index in [9.17, 15) is 9.90 Å². The van der Waals surface area contributed by atoms with Crippen molar-refractivity contribution in [2.75, 3.05) is 13.6 Å². The second kappa shape index (κ2) is 8.18. The van der Waals surface area contributed by atoms with Crippen LogP contribution in [0.5, 0.6) is 0 Å². The van der Waals surface area contributed by atoms with E-state index in [1.807, 2.05) is 18.2 Å². The van der Waals surface area contributed by atoms with E-state index in [2.05, 4.69) is 38.2 Å². The van der Waals surface area contributed by atoms with Gasteiger partial charge in [-0.1, -0.05) is 51.1 Å². The predicted molar refractivity (Wildman–Crippen MR) is 90.8 cm³/mol. The predicted octanol–water partition coefficient (Wildman–Crippen LogP) is 3.06. The minimum absolute atomic E-state index is 0.0311. The number of nitrogens with one attached hydrogen (secondary N) is 1. The molecular weight excluding hydrogens is 276 g/mol.